The van der Waals surface area contributed by atoms with Crippen molar-refractivity contribution in [1.29, 1.82) is 0 Å². The fourth-order valence-corrected chi connectivity index (χ4v) is 1.84. The predicted octanol–water partition coefficient (Wildman–Crippen LogP) is 0.518. The van der Waals surface area contributed by atoms with Gasteiger partial charge in [-0.15, -0.1) is 0 Å². The van der Waals surface area contributed by atoms with Crippen LogP contribution in [0, 0.1) is 5.92 Å². The molecule has 0 unspecified atom stereocenters. The second kappa shape index (κ2) is 5.98. The molecule has 0 N–H and O–H groups in total. The van der Waals surface area contributed by atoms with Gasteiger partial charge in [0.1, 0.15) is 0 Å². The monoisotopic (exact) mass is 201 g/mol. The average Bonchev–Trinajstić information content (AvgIpc) is 2.25. The van der Waals surface area contributed by atoms with E-state index in [1.165, 1.54) is 7.11 Å². The predicted molar refractivity (Wildman–Crippen MR) is 53.1 cm³/mol. The standard InChI is InChI=1S/C10H19NO3/c1-13-7-6-11-5-3-4-9(8-11)10(12)14-2/h9H,3-8H2,1-2H3/t9-/m0/s1. The Hall–Kier alpha value is -0.610. The van der Waals surface area contributed by atoms with E-state index in [9.17, 15) is 4.79 Å². The summed E-state index contributed by atoms with van der Waals surface area (Å²) in [7, 11) is 3.15. The van der Waals surface area contributed by atoms with Gasteiger partial charge in [0.25, 0.3) is 0 Å². The molecule has 82 valence electrons. The molecule has 1 heterocycles. The molecule has 0 aliphatic carbocycles. The normalized spacial score (nSPS) is 23.4. The van der Waals surface area contributed by atoms with E-state index in [2.05, 4.69) is 4.90 Å². The number of carbonyl (C=O) groups is 1. The quantitative estimate of drug-likeness (QED) is 0.621. The van der Waals surface area contributed by atoms with Crippen LogP contribution in [0.4, 0.5) is 0 Å². The summed E-state index contributed by atoms with van der Waals surface area (Å²) >= 11 is 0. The van der Waals surface area contributed by atoms with Gasteiger partial charge in [-0.1, -0.05) is 0 Å². The van der Waals surface area contributed by atoms with Crippen molar-refractivity contribution in [2.45, 2.75) is 12.8 Å². The van der Waals surface area contributed by atoms with Crippen molar-refractivity contribution in [1.82, 2.24) is 4.90 Å². The van der Waals surface area contributed by atoms with Gasteiger partial charge in [0.15, 0.2) is 0 Å². The van der Waals surface area contributed by atoms with Crippen LogP contribution in [0.1, 0.15) is 12.8 Å². The van der Waals surface area contributed by atoms with Gasteiger partial charge >= 0.3 is 5.97 Å². The Morgan fingerprint density at radius 3 is 2.93 bits per heavy atom. The van der Waals surface area contributed by atoms with Crippen molar-refractivity contribution in [3.05, 3.63) is 0 Å². The van der Waals surface area contributed by atoms with E-state index in [0.29, 0.717) is 0 Å². The molecule has 4 nitrogen and oxygen atoms in total. The Labute approximate surface area is 85.2 Å². The fraction of sp³-hybridized carbons (Fsp3) is 0.900. The lowest BCUT2D eigenvalue weighted by Crippen LogP contribution is -2.40. The SMILES string of the molecule is COCCN1CCC[C@H](C(=O)OC)C1. The second-order valence-electron chi connectivity index (χ2n) is 3.66. The molecule has 1 atom stereocenters. The molecule has 1 saturated heterocycles. The molecule has 0 saturated carbocycles. The fourth-order valence-electron chi connectivity index (χ4n) is 1.84. The average molecular weight is 201 g/mol. The highest BCUT2D eigenvalue weighted by atomic mass is 16.5. The third kappa shape index (κ3) is 3.27. The lowest BCUT2D eigenvalue weighted by atomic mass is 9.98. The molecule has 0 radical (unpaired) electrons. The third-order valence-corrected chi connectivity index (χ3v) is 2.65. The summed E-state index contributed by atoms with van der Waals surface area (Å²) in [5.41, 5.74) is 0. The Morgan fingerprint density at radius 1 is 1.50 bits per heavy atom. The Morgan fingerprint density at radius 2 is 2.29 bits per heavy atom. The third-order valence-electron chi connectivity index (χ3n) is 2.65. The van der Waals surface area contributed by atoms with Crippen molar-refractivity contribution >= 4 is 5.97 Å². The first-order valence-corrected chi connectivity index (χ1v) is 5.07. The van der Waals surface area contributed by atoms with Gasteiger partial charge in [0.05, 0.1) is 19.6 Å². The van der Waals surface area contributed by atoms with Crippen LogP contribution in [0.25, 0.3) is 0 Å². The zero-order valence-electron chi connectivity index (χ0n) is 8.99. The highest BCUT2D eigenvalue weighted by Crippen LogP contribution is 2.17. The first-order chi connectivity index (χ1) is 6.77. The molecular weight excluding hydrogens is 182 g/mol. The molecule has 14 heavy (non-hydrogen) atoms. The number of ether oxygens (including phenoxy) is 2. The summed E-state index contributed by atoms with van der Waals surface area (Å²) in [5, 5.41) is 0. The topological polar surface area (TPSA) is 38.8 Å². The molecule has 0 bridgehead atoms. The van der Waals surface area contributed by atoms with Crippen molar-refractivity contribution in [2.75, 3.05) is 40.5 Å². The van der Waals surface area contributed by atoms with E-state index in [4.69, 9.17) is 9.47 Å². The van der Waals surface area contributed by atoms with Crippen molar-refractivity contribution in [3.63, 3.8) is 0 Å². The number of methoxy groups -OCH3 is 2. The van der Waals surface area contributed by atoms with Crippen molar-refractivity contribution in [2.24, 2.45) is 5.92 Å². The number of hydrogen-bond acceptors (Lipinski definition) is 4. The maximum atomic E-state index is 11.3. The lowest BCUT2D eigenvalue weighted by molar-refractivity contribution is -0.147. The highest BCUT2D eigenvalue weighted by molar-refractivity contribution is 5.72. The van der Waals surface area contributed by atoms with E-state index >= 15 is 0 Å². The van der Waals surface area contributed by atoms with Crippen molar-refractivity contribution in [3.8, 4) is 0 Å². The summed E-state index contributed by atoms with van der Waals surface area (Å²) in [4.78, 5) is 13.6. The molecule has 1 aliphatic rings. The highest BCUT2D eigenvalue weighted by Gasteiger charge is 2.25. The van der Waals surface area contributed by atoms with Gasteiger partial charge in [-0.25, -0.2) is 0 Å². The van der Waals surface area contributed by atoms with Gasteiger partial charge in [-0.05, 0) is 19.4 Å². The summed E-state index contributed by atoms with van der Waals surface area (Å²) in [6.45, 7) is 3.52. The second-order valence-corrected chi connectivity index (χ2v) is 3.66. The molecule has 0 spiro atoms. The molecule has 0 aromatic carbocycles. The minimum atomic E-state index is -0.0767. The maximum Gasteiger partial charge on any atom is 0.309 e. The minimum Gasteiger partial charge on any atom is -0.469 e. The van der Waals surface area contributed by atoms with Crippen LogP contribution in [0.3, 0.4) is 0 Å². The molecule has 4 heteroatoms. The maximum absolute atomic E-state index is 11.3. The number of carbonyl (C=O) groups excluding carboxylic acids is 1. The van der Waals surface area contributed by atoms with Gasteiger partial charge < -0.3 is 14.4 Å². The molecule has 0 aromatic rings. The first kappa shape index (κ1) is 11.5. The molecule has 1 rings (SSSR count). The number of nitrogens with zero attached hydrogens (tertiary/aromatic N) is 1. The van der Waals surface area contributed by atoms with Crippen LogP contribution in [-0.4, -0.2) is 51.3 Å². The zero-order valence-corrected chi connectivity index (χ0v) is 8.99. The summed E-state index contributed by atoms with van der Waals surface area (Å²) in [5.74, 6) is -0.0160. The van der Waals surface area contributed by atoms with Crippen LogP contribution < -0.4 is 0 Å². The molecule has 0 amide bonds. The Balaban J connectivity index is 2.31. The molecule has 0 aromatic heterocycles. The zero-order chi connectivity index (χ0) is 10.4. The number of rotatable bonds is 4. The number of hydrogen-bond donors (Lipinski definition) is 0. The van der Waals surface area contributed by atoms with E-state index in [1.807, 2.05) is 0 Å². The van der Waals surface area contributed by atoms with Crippen molar-refractivity contribution < 1.29 is 14.3 Å². The number of likely N-dealkylation sites (tertiary alicyclic amines) is 1. The van der Waals surface area contributed by atoms with Gasteiger partial charge in [-0.2, -0.15) is 0 Å². The van der Waals surface area contributed by atoms with E-state index in [-0.39, 0.29) is 11.9 Å². The van der Waals surface area contributed by atoms with Gasteiger partial charge in [-0.3, -0.25) is 4.79 Å². The Bertz CT molecular complexity index is 184. The van der Waals surface area contributed by atoms with Gasteiger partial charge in [0, 0.05) is 20.2 Å². The number of esters is 1. The van der Waals surface area contributed by atoms with E-state index < -0.39 is 0 Å². The molecule has 1 fully saturated rings. The minimum absolute atomic E-state index is 0.0607. The smallest absolute Gasteiger partial charge is 0.309 e. The summed E-state index contributed by atoms with van der Waals surface area (Å²) < 4.78 is 9.75. The summed E-state index contributed by atoms with van der Waals surface area (Å²) in [6, 6.07) is 0. The van der Waals surface area contributed by atoms with E-state index in [0.717, 1.165) is 39.1 Å². The van der Waals surface area contributed by atoms with Crippen LogP contribution in [0.5, 0.6) is 0 Å². The van der Waals surface area contributed by atoms with Crippen LogP contribution in [0.2, 0.25) is 0 Å². The van der Waals surface area contributed by atoms with Crippen LogP contribution >= 0.6 is 0 Å². The number of piperidine rings is 1. The van der Waals surface area contributed by atoms with Gasteiger partial charge in [0.2, 0.25) is 0 Å². The Kier molecular flexibility index (Phi) is 4.90. The molecular formula is C10H19NO3. The van der Waals surface area contributed by atoms with Crippen LogP contribution in [-0.2, 0) is 14.3 Å². The lowest BCUT2D eigenvalue weighted by Gasteiger charge is -2.30. The van der Waals surface area contributed by atoms with Crippen LogP contribution in [0.15, 0.2) is 0 Å². The molecule has 1 aliphatic heterocycles. The largest absolute Gasteiger partial charge is 0.469 e. The van der Waals surface area contributed by atoms with E-state index in [1.54, 1.807) is 7.11 Å². The first-order valence-electron chi connectivity index (χ1n) is 5.07. The summed E-state index contributed by atoms with van der Waals surface area (Å²) in [6.07, 6.45) is 2.03.